The summed E-state index contributed by atoms with van der Waals surface area (Å²) in [4.78, 5) is 2.50. The molecule has 6 N–H and O–H groups in total. The number of benzene rings is 1. The summed E-state index contributed by atoms with van der Waals surface area (Å²) in [6.45, 7) is 0. The van der Waals surface area contributed by atoms with Crippen molar-refractivity contribution in [1.29, 1.82) is 10.8 Å². The second-order valence-corrected chi connectivity index (χ2v) is 6.58. The first-order valence-corrected chi connectivity index (χ1v) is 8.13. The molecule has 2 aromatic rings. The van der Waals surface area contributed by atoms with Crippen molar-refractivity contribution in [3.63, 3.8) is 0 Å². The Kier molecular flexibility index (Phi) is 4.12. The minimum absolute atomic E-state index is 0.0869. The first-order valence-electron chi connectivity index (χ1n) is 7.32. The van der Waals surface area contributed by atoms with E-state index in [-0.39, 0.29) is 11.7 Å². The fraction of sp³-hybridized carbons (Fsp3) is 0.111. The Hall–Kier alpha value is -2.66. The van der Waals surface area contributed by atoms with Crippen LogP contribution in [0.4, 0.5) is 0 Å². The van der Waals surface area contributed by atoms with Crippen molar-refractivity contribution in [2.75, 3.05) is 0 Å². The Bertz CT molecular complexity index is 812. The third kappa shape index (κ3) is 3.24. The minimum Gasteiger partial charge on any atom is -0.384 e. The summed E-state index contributed by atoms with van der Waals surface area (Å²) in [7, 11) is 0. The number of nitrogen functional groups attached to an aromatic ring is 1. The molecule has 1 atom stereocenters. The van der Waals surface area contributed by atoms with Gasteiger partial charge in [-0.05, 0) is 24.1 Å². The number of allylic oxidation sites excluding steroid dienone is 2. The summed E-state index contributed by atoms with van der Waals surface area (Å²) in [5, 5.41) is 14.9. The molecule has 116 valence electrons. The molecular formula is C18H18N4S. The molecule has 0 saturated carbocycles. The number of hydrogen-bond acceptors (Lipinski definition) is 3. The first-order chi connectivity index (χ1) is 11.0. The van der Waals surface area contributed by atoms with E-state index in [1.54, 1.807) is 11.3 Å². The zero-order valence-electron chi connectivity index (χ0n) is 12.5. The molecule has 4 nitrogen and oxygen atoms in total. The molecule has 0 amide bonds. The van der Waals surface area contributed by atoms with Crippen LogP contribution in [0.5, 0.6) is 0 Å². The Morgan fingerprint density at radius 2 is 1.74 bits per heavy atom. The average Bonchev–Trinajstić information content (AvgIpc) is 3.05. The summed E-state index contributed by atoms with van der Waals surface area (Å²) in [6.07, 6.45) is 6.94. The molecule has 3 rings (SSSR count). The Morgan fingerprint density at radius 3 is 2.30 bits per heavy atom. The molecule has 1 aromatic carbocycles. The molecule has 0 aliphatic heterocycles. The van der Waals surface area contributed by atoms with E-state index in [4.69, 9.17) is 22.3 Å². The van der Waals surface area contributed by atoms with Crippen molar-refractivity contribution >= 4 is 23.0 Å². The second-order valence-electron chi connectivity index (χ2n) is 5.47. The lowest BCUT2D eigenvalue weighted by Crippen LogP contribution is -2.13. The number of amidine groups is 2. The van der Waals surface area contributed by atoms with Crippen molar-refractivity contribution in [3.05, 3.63) is 70.6 Å². The molecule has 1 aromatic heterocycles. The summed E-state index contributed by atoms with van der Waals surface area (Å²) in [6, 6.07) is 12.0. The number of rotatable bonds is 4. The van der Waals surface area contributed by atoms with Crippen molar-refractivity contribution < 1.29 is 0 Å². The third-order valence-corrected chi connectivity index (χ3v) is 5.15. The van der Waals surface area contributed by atoms with Crippen LogP contribution in [-0.2, 0) is 0 Å². The van der Waals surface area contributed by atoms with Gasteiger partial charge in [0.2, 0.25) is 0 Å². The maximum absolute atomic E-state index is 7.46. The van der Waals surface area contributed by atoms with Gasteiger partial charge in [0, 0.05) is 26.8 Å². The Labute approximate surface area is 139 Å². The third-order valence-electron chi connectivity index (χ3n) is 3.88. The van der Waals surface area contributed by atoms with Gasteiger partial charge < -0.3 is 11.5 Å². The van der Waals surface area contributed by atoms with Gasteiger partial charge in [0.15, 0.2) is 0 Å². The van der Waals surface area contributed by atoms with Crippen LogP contribution in [0.2, 0.25) is 0 Å². The lowest BCUT2D eigenvalue weighted by molar-refractivity contribution is 0.869. The van der Waals surface area contributed by atoms with Crippen molar-refractivity contribution in [2.24, 2.45) is 11.5 Å². The molecule has 0 saturated heterocycles. The van der Waals surface area contributed by atoms with E-state index in [2.05, 4.69) is 18.2 Å². The monoisotopic (exact) mass is 322 g/mol. The van der Waals surface area contributed by atoms with Gasteiger partial charge in [-0.1, -0.05) is 42.5 Å². The van der Waals surface area contributed by atoms with E-state index in [0.717, 1.165) is 23.1 Å². The van der Waals surface area contributed by atoms with Crippen molar-refractivity contribution in [3.8, 4) is 10.4 Å². The van der Waals surface area contributed by atoms with E-state index in [1.165, 1.54) is 9.75 Å². The normalized spacial score (nSPS) is 16.9. The Balaban J connectivity index is 1.78. The van der Waals surface area contributed by atoms with Gasteiger partial charge in [0.25, 0.3) is 0 Å². The SMILES string of the molecule is N=C(N)C1=CCC(c2ccc(-c3ccc(C(=N)N)cc3)s2)C=C1. The molecule has 1 aliphatic rings. The van der Waals surface area contributed by atoms with Crippen molar-refractivity contribution in [1.82, 2.24) is 0 Å². The number of thiophene rings is 1. The van der Waals surface area contributed by atoms with E-state index in [9.17, 15) is 0 Å². The smallest absolute Gasteiger partial charge is 0.122 e. The van der Waals surface area contributed by atoms with Gasteiger partial charge in [0.05, 0.1) is 0 Å². The minimum atomic E-state index is 0.0869. The summed E-state index contributed by atoms with van der Waals surface area (Å²) < 4.78 is 0. The van der Waals surface area contributed by atoms with Gasteiger partial charge in [-0.15, -0.1) is 11.3 Å². The quantitative estimate of drug-likeness (QED) is 0.510. The van der Waals surface area contributed by atoms with Gasteiger partial charge in [0.1, 0.15) is 11.7 Å². The molecule has 0 radical (unpaired) electrons. The molecule has 1 aliphatic carbocycles. The highest BCUT2D eigenvalue weighted by atomic mass is 32.1. The highest BCUT2D eigenvalue weighted by Gasteiger charge is 2.15. The number of hydrogen-bond donors (Lipinski definition) is 4. The van der Waals surface area contributed by atoms with Gasteiger partial charge in [-0.3, -0.25) is 10.8 Å². The zero-order valence-corrected chi connectivity index (χ0v) is 13.4. The average molecular weight is 322 g/mol. The molecular weight excluding hydrogens is 304 g/mol. The molecule has 0 bridgehead atoms. The van der Waals surface area contributed by atoms with Crippen LogP contribution in [0, 0.1) is 10.8 Å². The van der Waals surface area contributed by atoms with Gasteiger partial charge in [-0.2, -0.15) is 0 Å². The van der Waals surface area contributed by atoms with E-state index in [0.29, 0.717) is 5.92 Å². The van der Waals surface area contributed by atoms with Gasteiger partial charge >= 0.3 is 0 Å². The van der Waals surface area contributed by atoms with Crippen LogP contribution in [-0.4, -0.2) is 11.7 Å². The highest BCUT2D eigenvalue weighted by Crippen LogP contribution is 2.36. The first kappa shape index (κ1) is 15.2. The zero-order chi connectivity index (χ0) is 16.4. The van der Waals surface area contributed by atoms with Crippen LogP contribution in [0.15, 0.2) is 60.2 Å². The predicted molar refractivity (Wildman–Crippen MR) is 97.3 cm³/mol. The van der Waals surface area contributed by atoms with E-state index < -0.39 is 0 Å². The molecule has 23 heavy (non-hydrogen) atoms. The fourth-order valence-electron chi connectivity index (χ4n) is 2.55. The largest absolute Gasteiger partial charge is 0.384 e. The van der Waals surface area contributed by atoms with Crippen LogP contribution in [0.3, 0.4) is 0 Å². The topological polar surface area (TPSA) is 99.7 Å². The molecule has 1 unspecified atom stereocenters. The van der Waals surface area contributed by atoms with Crippen molar-refractivity contribution in [2.45, 2.75) is 12.3 Å². The maximum atomic E-state index is 7.46. The van der Waals surface area contributed by atoms with Crippen LogP contribution in [0.25, 0.3) is 10.4 Å². The van der Waals surface area contributed by atoms with Crippen LogP contribution in [0.1, 0.15) is 22.8 Å². The fourth-order valence-corrected chi connectivity index (χ4v) is 3.66. The van der Waals surface area contributed by atoms with Gasteiger partial charge in [-0.25, -0.2) is 0 Å². The second kappa shape index (κ2) is 6.22. The lowest BCUT2D eigenvalue weighted by Gasteiger charge is -2.14. The summed E-state index contributed by atoms with van der Waals surface area (Å²) in [5.41, 5.74) is 13.7. The summed E-state index contributed by atoms with van der Waals surface area (Å²) in [5.74, 6) is 0.550. The van der Waals surface area contributed by atoms with E-state index >= 15 is 0 Å². The van der Waals surface area contributed by atoms with E-state index in [1.807, 2.05) is 36.4 Å². The number of nitrogens with one attached hydrogen (secondary N) is 2. The van der Waals surface area contributed by atoms with Crippen LogP contribution >= 0.6 is 11.3 Å². The summed E-state index contributed by atoms with van der Waals surface area (Å²) >= 11 is 1.77. The molecule has 5 heteroatoms. The maximum Gasteiger partial charge on any atom is 0.122 e. The molecule has 1 heterocycles. The molecule has 0 spiro atoms. The standard InChI is InChI=1S/C18H18N4S/c19-17(20)13-5-1-11(2-6-13)15-9-10-16(23-15)12-3-7-14(8-4-12)18(21)22/h1-3,5-10,12H,4H2,(H3,19,20)(H3,21,22). The predicted octanol–water partition coefficient (Wildman–Crippen LogP) is 3.61. The number of nitrogens with two attached hydrogens (primary N) is 2. The molecule has 0 fully saturated rings. The lowest BCUT2D eigenvalue weighted by atomic mass is 9.95. The Morgan fingerprint density at radius 1 is 1.00 bits per heavy atom. The highest BCUT2D eigenvalue weighted by molar-refractivity contribution is 7.15. The van der Waals surface area contributed by atoms with Crippen LogP contribution < -0.4 is 11.5 Å².